The van der Waals surface area contributed by atoms with E-state index in [1.165, 1.54) is 18.2 Å². The first-order valence-corrected chi connectivity index (χ1v) is 6.48. The van der Waals surface area contributed by atoms with Gasteiger partial charge in [-0.15, -0.1) is 0 Å². The lowest BCUT2D eigenvalue weighted by Gasteiger charge is -2.11. The minimum Gasteiger partial charge on any atom is -0.485 e. The van der Waals surface area contributed by atoms with Crippen LogP contribution in [0.1, 0.15) is 5.56 Å². The highest BCUT2D eigenvalue weighted by Gasteiger charge is 2.16. The Labute approximate surface area is 126 Å². The molecule has 8 heteroatoms. The number of para-hydroxylation sites is 1. The fourth-order valence-electron chi connectivity index (χ4n) is 1.70. The summed E-state index contributed by atoms with van der Waals surface area (Å²) in [5, 5.41) is 10.8. The molecule has 0 aliphatic carbocycles. The number of nitrogens with zero attached hydrogens (tertiary/aromatic N) is 1. The van der Waals surface area contributed by atoms with Crippen LogP contribution in [0, 0.1) is 21.7 Å². The normalized spacial score (nSPS) is 10.4. The zero-order chi connectivity index (χ0) is 15.6. The SMILES string of the molecule is Nc1c(COc2c(F)cc(F)cc2Br)cccc1[N+](=O)[O-]. The summed E-state index contributed by atoms with van der Waals surface area (Å²) in [5.74, 6) is -1.82. The molecule has 0 bridgehead atoms. The van der Waals surface area contributed by atoms with Gasteiger partial charge in [-0.2, -0.15) is 0 Å². The number of anilines is 1. The third kappa shape index (κ3) is 3.27. The molecule has 0 saturated heterocycles. The molecule has 0 saturated carbocycles. The lowest BCUT2D eigenvalue weighted by molar-refractivity contribution is -0.384. The number of rotatable bonds is 4. The Bertz CT molecular complexity index is 687. The lowest BCUT2D eigenvalue weighted by atomic mass is 10.1. The summed E-state index contributed by atoms with van der Waals surface area (Å²) >= 11 is 2.98. The van der Waals surface area contributed by atoms with Crippen molar-refractivity contribution in [1.29, 1.82) is 0 Å². The molecule has 0 spiro atoms. The van der Waals surface area contributed by atoms with E-state index in [0.29, 0.717) is 11.6 Å². The van der Waals surface area contributed by atoms with Crippen LogP contribution < -0.4 is 10.5 Å². The van der Waals surface area contributed by atoms with Gasteiger partial charge in [0, 0.05) is 17.7 Å². The average Bonchev–Trinajstić information content (AvgIpc) is 2.38. The van der Waals surface area contributed by atoms with E-state index < -0.39 is 16.6 Å². The highest BCUT2D eigenvalue weighted by molar-refractivity contribution is 9.10. The molecule has 0 fully saturated rings. The Morgan fingerprint density at radius 3 is 2.67 bits per heavy atom. The number of halogens is 3. The van der Waals surface area contributed by atoms with Crippen molar-refractivity contribution in [2.24, 2.45) is 0 Å². The van der Waals surface area contributed by atoms with Gasteiger partial charge in [0.05, 0.1) is 9.40 Å². The zero-order valence-electron chi connectivity index (χ0n) is 10.5. The molecule has 0 aliphatic heterocycles. The van der Waals surface area contributed by atoms with E-state index >= 15 is 0 Å². The van der Waals surface area contributed by atoms with Crippen LogP contribution in [-0.4, -0.2) is 4.92 Å². The highest BCUT2D eigenvalue weighted by atomic mass is 79.9. The number of hydrogen-bond donors (Lipinski definition) is 1. The molecule has 2 rings (SSSR count). The Morgan fingerprint density at radius 1 is 1.33 bits per heavy atom. The van der Waals surface area contributed by atoms with Crippen LogP contribution in [0.25, 0.3) is 0 Å². The second-order valence-electron chi connectivity index (χ2n) is 4.09. The number of benzene rings is 2. The first-order chi connectivity index (χ1) is 9.90. The van der Waals surface area contributed by atoms with Gasteiger partial charge in [-0.1, -0.05) is 12.1 Å². The Kier molecular flexibility index (Phi) is 4.37. The number of nitrogen functional groups attached to an aromatic ring is 1. The number of nitro groups is 1. The Balaban J connectivity index is 2.25. The van der Waals surface area contributed by atoms with Gasteiger partial charge < -0.3 is 10.5 Å². The van der Waals surface area contributed by atoms with Crippen LogP contribution in [0.3, 0.4) is 0 Å². The van der Waals surface area contributed by atoms with Gasteiger partial charge in [-0.25, -0.2) is 8.78 Å². The van der Waals surface area contributed by atoms with Crippen molar-refractivity contribution in [2.75, 3.05) is 5.73 Å². The van der Waals surface area contributed by atoms with Crippen molar-refractivity contribution in [1.82, 2.24) is 0 Å². The summed E-state index contributed by atoms with van der Waals surface area (Å²) in [5.41, 5.74) is 5.69. The smallest absolute Gasteiger partial charge is 0.292 e. The van der Waals surface area contributed by atoms with E-state index in [0.717, 1.165) is 6.07 Å². The number of nitro benzene ring substituents is 1. The van der Waals surface area contributed by atoms with Crippen LogP contribution >= 0.6 is 15.9 Å². The van der Waals surface area contributed by atoms with Gasteiger partial charge in [0.25, 0.3) is 5.69 Å². The van der Waals surface area contributed by atoms with E-state index in [1.54, 1.807) is 0 Å². The van der Waals surface area contributed by atoms with Gasteiger partial charge in [0.2, 0.25) is 0 Å². The second kappa shape index (κ2) is 6.04. The third-order valence-electron chi connectivity index (χ3n) is 2.71. The van der Waals surface area contributed by atoms with Crippen molar-refractivity contribution < 1.29 is 18.4 Å². The summed E-state index contributed by atoms with van der Waals surface area (Å²) in [7, 11) is 0. The summed E-state index contributed by atoms with van der Waals surface area (Å²) in [4.78, 5) is 10.2. The predicted molar refractivity (Wildman–Crippen MR) is 75.9 cm³/mol. The first-order valence-electron chi connectivity index (χ1n) is 5.69. The van der Waals surface area contributed by atoms with Crippen molar-refractivity contribution in [3.05, 3.63) is 62.1 Å². The monoisotopic (exact) mass is 358 g/mol. The molecule has 0 radical (unpaired) electrons. The van der Waals surface area contributed by atoms with E-state index in [2.05, 4.69) is 15.9 Å². The molecule has 0 heterocycles. The summed E-state index contributed by atoms with van der Waals surface area (Å²) in [6.45, 7) is -0.186. The van der Waals surface area contributed by atoms with Crippen molar-refractivity contribution in [3.63, 3.8) is 0 Å². The average molecular weight is 359 g/mol. The number of ether oxygens (including phenoxy) is 1. The third-order valence-corrected chi connectivity index (χ3v) is 3.29. The van der Waals surface area contributed by atoms with Gasteiger partial charge in [-0.05, 0) is 22.0 Å². The summed E-state index contributed by atoms with van der Waals surface area (Å²) in [6, 6.07) is 5.96. The van der Waals surface area contributed by atoms with Crippen LogP contribution in [0.5, 0.6) is 5.75 Å². The quantitative estimate of drug-likeness (QED) is 0.512. The van der Waals surface area contributed by atoms with Gasteiger partial charge in [-0.3, -0.25) is 10.1 Å². The predicted octanol–water partition coefficient (Wildman–Crippen LogP) is 3.80. The Hall–Kier alpha value is -2.22. The molecule has 21 heavy (non-hydrogen) atoms. The molecule has 0 unspecified atom stereocenters. The largest absolute Gasteiger partial charge is 0.485 e. The molecule has 2 aromatic rings. The number of hydrogen-bond acceptors (Lipinski definition) is 4. The maximum atomic E-state index is 13.6. The minimum atomic E-state index is -0.883. The van der Waals surface area contributed by atoms with Crippen molar-refractivity contribution in [3.8, 4) is 5.75 Å². The highest BCUT2D eigenvalue weighted by Crippen LogP contribution is 2.31. The fraction of sp³-hybridized carbons (Fsp3) is 0.0769. The summed E-state index contributed by atoms with van der Waals surface area (Å²) < 4.78 is 31.9. The second-order valence-corrected chi connectivity index (χ2v) is 4.95. The minimum absolute atomic E-state index is 0.0545. The topological polar surface area (TPSA) is 78.4 Å². The maximum Gasteiger partial charge on any atom is 0.292 e. The zero-order valence-corrected chi connectivity index (χ0v) is 12.1. The molecule has 2 N–H and O–H groups in total. The van der Waals surface area contributed by atoms with Crippen LogP contribution in [0.2, 0.25) is 0 Å². The fourth-order valence-corrected chi connectivity index (χ4v) is 2.22. The first kappa shape index (κ1) is 15.2. The van der Waals surface area contributed by atoms with Crippen LogP contribution in [0.15, 0.2) is 34.8 Å². The lowest BCUT2D eigenvalue weighted by Crippen LogP contribution is -2.04. The molecule has 110 valence electrons. The van der Waals surface area contributed by atoms with Crippen LogP contribution in [-0.2, 0) is 6.61 Å². The standard InChI is InChI=1S/C13H9BrF2N2O3/c14-9-4-8(15)5-10(16)13(9)21-6-7-2-1-3-11(12(7)17)18(19)20/h1-5H,6,17H2. The van der Waals surface area contributed by atoms with Crippen molar-refractivity contribution >= 4 is 27.3 Å². The molecular formula is C13H9BrF2N2O3. The van der Waals surface area contributed by atoms with E-state index in [4.69, 9.17) is 10.5 Å². The van der Waals surface area contributed by atoms with Gasteiger partial charge in [0.1, 0.15) is 18.1 Å². The molecule has 0 aliphatic rings. The van der Waals surface area contributed by atoms with E-state index in [9.17, 15) is 18.9 Å². The molecule has 0 amide bonds. The maximum absolute atomic E-state index is 13.6. The molecule has 0 atom stereocenters. The molecule has 5 nitrogen and oxygen atoms in total. The molecule has 2 aromatic carbocycles. The van der Waals surface area contributed by atoms with E-state index in [-0.39, 0.29) is 28.2 Å². The number of nitrogens with two attached hydrogens (primary N) is 1. The van der Waals surface area contributed by atoms with Crippen LogP contribution in [0.4, 0.5) is 20.2 Å². The molecule has 0 aromatic heterocycles. The molecular weight excluding hydrogens is 350 g/mol. The van der Waals surface area contributed by atoms with E-state index in [1.807, 2.05) is 0 Å². The summed E-state index contributed by atoms with van der Waals surface area (Å²) in [6.07, 6.45) is 0. The van der Waals surface area contributed by atoms with Gasteiger partial charge in [0.15, 0.2) is 11.6 Å². The van der Waals surface area contributed by atoms with Crippen molar-refractivity contribution in [2.45, 2.75) is 6.61 Å². The Morgan fingerprint density at radius 2 is 2.05 bits per heavy atom. The van der Waals surface area contributed by atoms with Gasteiger partial charge >= 0.3 is 0 Å².